The molecule has 2 unspecified atom stereocenters. The highest BCUT2D eigenvalue weighted by atomic mass is 16.5. The maximum absolute atomic E-state index is 7.73. The maximum Gasteiger partial charge on any atom is 0.0961 e. The summed E-state index contributed by atoms with van der Waals surface area (Å²) in [6.45, 7) is 4.05. The summed E-state index contributed by atoms with van der Waals surface area (Å²) in [7, 11) is 0. The first-order valence-electron chi connectivity index (χ1n) is 4.74. The highest BCUT2D eigenvalue weighted by Crippen LogP contribution is 2.24. The van der Waals surface area contributed by atoms with Gasteiger partial charge in [0.2, 0.25) is 0 Å². The van der Waals surface area contributed by atoms with Crippen molar-refractivity contribution in [3.05, 3.63) is 0 Å². The summed E-state index contributed by atoms with van der Waals surface area (Å²) in [4.78, 5) is 2.22. The van der Waals surface area contributed by atoms with Crippen LogP contribution in [-0.4, -0.2) is 36.0 Å². The molecule has 2 atom stereocenters. The largest absolute Gasteiger partial charge is 0.376 e. The van der Waals surface area contributed by atoms with Gasteiger partial charge in [0.15, 0.2) is 0 Å². The van der Waals surface area contributed by atoms with Crippen LogP contribution in [0.1, 0.15) is 26.2 Å². The highest BCUT2D eigenvalue weighted by Gasteiger charge is 2.33. The Balaban J connectivity index is 2.03. The molecule has 2 aliphatic heterocycles. The Labute approximate surface area is 73.2 Å². The molecule has 2 saturated heterocycles. The van der Waals surface area contributed by atoms with Crippen molar-refractivity contribution >= 4 is 5.84 Å². The van der Waals surface area contributed by atoms with Gasteiger partial charge in [0, 0.05) is 19.6 Å². The molecular weight excluding hydrogens is 152 g/mol. The van der Waals surface area contributed by atoms with Crippen LogP contribution in [0.5, 0.6) is 0 Å². The van der Waals surface area contributed by atoms with E-state index in [4.69, 9.17) is 10.1 Å². The number of hydrogen-bond donors (Lipinski definition) is 1. The number of nitrogens with one attached hydrogen (secondary N) is 1. The molecule has 1 N–H and O–H groups in total. The first-order chi connectivity index (χ1) is 5.79. The van der Waals surface area contributed by atoms with E-state index in [0.29, 0.717) is 12.1 Å². The normalized spacial score (nSPS) is 36.4. The molecule has 0 amide bonds. The van der Waals surface area contributed by atoms with Crippen LogP contribution in [0.4, 0.5) is 0 Å². The summed E-state index contributed by atoms with van der Waals surface area (Å²) in [5, 5.41) is 7.73. The lowest BCUT2D eigenvalue weighted by molar-refractivity contribution is 0.0970. The summed E-state index contributed by atoms with van der Waals surface area (Å²) in [5.41, 5.74) is 0. The molecule has 68 valence electrons. The lowest BCUT2D eigenvalue weighted by Crippen LogP contribution is -2.40. The van der Waals surface area contributed by atoms with Crippen molar-refractivity contribution in [2.75, 3.05) is 13.2 Å². The van der Waals surface area contributed by atoms with Crippen LogP contribution in [0.15, 0.2) is 0 Å². The Hall–Kier alpha value is -0.570. The molecule has 2 rings (SSSR count). The quantitative estimate of drug-likeness (QED) is 0.639. The fourth-order valence-electron chi connectivity index (χ4n) is 2.19. The molecule has 0 saturated carbocycles. The van der Waals surface area contributed by atoms with E-state index in [1.165, 1.54) is 0 Å². The van der Waals surface area contributed by atoms with Gasteiger partial charge in [-0.25, -0.2) is 0 Å². The summed E-state index contributed by atoms with van der Waals surface area (Å²) in [6, 6.07) is 0.486. The van der Waals surface area contributed by atoms with Crippen molar-refractivity contribution in [2.24, 2.45) is 0 Å². The third-order valence-corrected chi connectivity index (χ3v) is 2.90. The van der Waals surface area contributed by atoms with E-state index in [2.05, 4.69) is 11.8 Å². The predicted molar refractivity (Wildman–Crippen MR) is 47.5 cm³/mol. The van der Waals surface area contributed by atoms with E-state index in [-0.39, 0.29) is 0 Å². The van der Waals surface area contributed by atoms with Gasteiger partial charge in [-0.3, -0.25) is 5.41 Å². The second-order valence-electron chi connectivity index (χ2n) is 3.68. The monoisotopic (exact) mass is 168 g/mol. The third-order valence-electron chi connectivity index (χ3n) is 2.90. The van der Waals surface area contributed by atoms with Gasteiger partial charge in [0.1, 0.15) is 0 Å². The summed E-state index contributed by atoms with van der Waals surface area (Å²) < 4.78 is 5.49. The Morgan fingerprint density at radius 3 is 2.92 bits per heavy atom. The van der Waals surface area contributed by atoms with Crippen LogP contribution >= 0.6 is 0 Å². The van der Waals surface area contributed by atoms with E-state index in [9.17, 15) is 0 Å². The first kappa shape index (κ1) is 8.05. The zero-order valence-corrected chi connectivity index (χ0v) is 7.55. The molecule has 0 aliphatic carbocycles. The average Bonchev–Trinajstić information content (AvgIpc) is 2.59. The second-order valence-corrected chi connectivity index (χ2v) is 3.68. The second kappa shape index (κ2) is 3.05. The van der Waals surface area contributed by atoms with Crippen LogP contribution in [0.3, 0.4) is 0 Å². The first-order valence-corrected chi connectivity index (χ1v) is 4.74. The highest BCUT2D eigenvalue weighted by molar-refractivity contribution is 5.81. The van der Waals surface area contributed by atoms with Crippen molar-refractivity contribution in [3.63, 3.8) is 0 Å². The molecule has 0 radical (unpaired) electrons. The maximum atomic E-state index is 7.73. The molecule has 0 aromatic rings. The Morgan fingerprint density at radius 1 is 1.58 bits per heavy atom. The zero-order valence-electron chi connectivity index (χ0n) is 7.55. The van der Waals surface area contributed by atoms with Crippen molar-refractivity contribution in [2.45, 2.75) is 38.3 Å². The summed E-state index contributed by atoms with van der Waals surface area (Å²) in [5.74, 6) is 0.817. The standard InChI is InChI=1S/C9H16N2O/c1-7-8(4-6-12-7)11-5-2-3-9(11)10/h7-8,10H,2-6H2,1H3. The van der Waals surface area contributed by atoms with Crippen LogP contribution in [0.2, 0.25) is 0 Å². The van der Waals surface area contributed by atoms with Crippen molar-refractivity contribution in [1.82, 2.24) is 4.90 Å². The molecular formula is C9H16N2O. The van der Waals surface area contributed by atoms with Crippen LogP contribution in [0.25, 0.3) is 0 Å². The van der Waals surface area contributed by atoms with E-state index in [0.717, 1.165) is 38.2 Å². The number of hydrogen-bond acceptors (Lipinski definition) is 2. The smallest absolute Gasteiger partial charge is 0.0961 e. The number of likely N-dealkylation sites (tertiary alicyclic amines) is 1. The molecule has 0 aromatic carbocycles. The van der Waals surface area contributed by atoms with E-state index in [1.54, 1.807) is 0 Å². The lowest BCUT2D eigenvalue weighted by Gasteiger charge is -2.27. The molecule has 12 heavy (non-hydrogen) atoms. The van der Waals surface area contributed by atoms with Gasteiger partial charge in [0.05, 0.1) is 18.0 Å². The molecule has 3 heteroatoms. The fraction of sp³-hybridized carbons (Fsp3) is 0.889. The molecule has 3 nitrogen and oxygen atoms in total. The number of amidine groups is 1. The Kier molecular flexibility index (Phi) is 2.05. The van der Waals surface area contributed by atoms with E-state index in [1.807, 2.05) is 0 Å². The molecule has 2 aliphatic rings. The average molecular weight is 168 g/mol. The summed E-state index contributed by atoms with van der Waals surface area (Å²) >= 11 is 0. The van der Waals surface area contributed by atoms with Crippen LogP contribution in [0, 0.1) is 5.41 Å². The van der Waals surface area contributed by atoms with Gasteiger partial charge in [-0.2, -0.15) is 0 Å². The van der Waals surface area contributed by atoms with E-state index < -0.39 is 0 Å². The number of rotatable bonds is 1. The molecule has 0 aromatic heterocycles. The van der Waals surface area contributed by atoms with Crippen molar-refractivity contribution in [1.29, 1.82) is 5.41 Å². The minimum absolute atomic E-state index is 0.323. The minimum Gasteiger partial charge on any atom is -0.376 e. The minimum atomic E-state index is 0.323. The van der Waals surface area contributed by atoms with Crippen LogP contribution < -0.4 is 0 Å². The number of ether oxygens (including phenoxy) is 1. The Bertz CT molecular complexity index is 193. The third kappa shape index (κ3) is 1.22. The molecule has 0 spiro atoms. The van der Waals surface area contributed by atoms with Crippen molar-refractivity contribution < 1.29 is 4.74 Å². The SMILES string of the molecule is CC1OCCC1N1CCCC1=N. The fourth-order valence-corrected chi connectivity index (χ4v) is 2.19. The lowest BCUT2D eigenvalue weighted by atomic mass is 10.1. The topological polar surface area (TPSA) is 36.3 Å². The number of nitrogens with zero attached hydrogens (tertiary/aromatic N) is 1. The van der Waals surface area contributed by atoms with Gasteiger partial charge >= 0.3 is 0 Å². The van der Waals surface area contributed by atoms with Crippen molar-refractivity contribution in [3.8, 4) is 0 Å². The molecule has 0 bridgehead atoms. The van der Waals surface area contributed by atoms with Gasteiger partial charge < -0.3 is 9.64 Å². The van der Waals surface area contributed by atoms with Gasteiger partial charge in [-0.1, -0.05) is 0 Å². The van der Waals surface area contributed by atoms with Gasteiger partial charge in [-0.05, 0) is 19.8 Å². The van der Waals surface area contributed by atoms with E-state index >= 15 is 0 Å². The van der Waals surface area contributed by atoms with Gasteiger partial charge in [0.25, 0.3) is 0 Å². The molecule has 2 fully saturated rings. The zero-order chi connectivity index (χ0) is 8.55. The Morgan fingerprint density at radius 2 is 2.42 bits per heavy atom. The predicted octanol–water partition coefficient (Wildman–Crippen LogP) is 1.24. The van der Waals surface area contributed by atoms with Crippen LogP contribution in [-0.2, 0) is 4.74 Å². The van der Waals surface area contributed by atoms with Gasteiger partial charge in [-0.15, -0.1) is 0 Å². The summed E-state index contributed by atoms with van der Waals surface area (Å²) in [6.07, 6.45) is 3.54. The molecule has 2 heterocycles.